The number of piperidine rings is 1. The summed E-state index contributed by atoms with van der Waals surface area (Å²) < 4.78 is 5.80. The van der Waals surface area contributed by atoms with Crippen molar-refractivity contribution in [1.29, 1.82) is 0 Å². The SMILES string of the molecule is O=C(O)c1cccc(C(=O)N2CCC(COc3ccccc3)CC2)c1. The Labute approximate surface area is 146 Å². The van der Waals surface area contributed by atoms with Crippen LogP contribution in [0.3, 0.4) is 0 Å². The normalized spacial score (nSPS) is 15.0. The van der Waals surface area contributed by atoms with Crippen LogP contribution in [-0.4, -0.2) is 41.6 Å². The summed E-state index contributed by atoms with van der Waals surface area (Å²) in [6.45, 7) is 1.98. The van der Waals surface area contributed by atoms with E-state index in [9.17, 15) is 9.59 Å². The van der Waals surface area contributed by atoms with E-state index in [1.165, 1.54) is 12.1 Å². The fourth-order valence-electron chi connectivity index (χ4n) is 3.00. The molecule has 0 radical (unpaired) electrons. The first-order valence-corrected chi connectivity index (χ1v) is 8.44. The Bertz CT molecular complexity index is 736. The van der Waals surface area contributed by atoms with Gasteiger partial charge in [-0.2, -0.15) is 0 Å². The molecule has 1 heterocycles. The van der Waals surface area contributed by atoms with Gasteiger partial charge in [-0.3, -0.25) is 4.79 Å². The van der Waals surface area contributed by atoms with Crippen LogP contribution in [0.5, 0.6) is 5.75 Å². The van der Waals surface area contributed by atoms with Crippen molar-refractivity contribution in [3.05, 3.63) is 65.7 Å². The van der Waals surface area contributed by atoms with Crippen LogP contribution in [0.4, 0.5) is 0 Å². The van der Waals surface area contributed by atoms with Crippen LogP contribution in [0, 0.1) is 5.92 Å². The Morgan fingerprint density at radius 3 is 2.36 bits per heavy atom. The van der Waals surface area contributed by atoms with Crippen LogP contribution < -0.4 is 4.74 Å². The van der Waals surface area contributed by atoms with Gasteiger partial charge in [0, 0.05) is 18.7 Å². The Hall–Kier alpha value is -2.82. The predicted molar refractivity (Wildman–Crippen MR) is 94.0 cm³/mol. The van der Waals surface area contributed by atoms with Crippen LogP contribution >= 0.6 is 0 Å². The average Bonchev–Trinajstić information content (AvgIpc) is 2.67. The van der Waals surface area contributed by atoms with Crippen molar-refractivity contribution in [3.8, 4) is 5.75 Å². The molecule has 1 N–H and O–H groups in total. The van der Waals surface area contributed by atoms with Crippen molar-refractivity contribution in [2.75, 3.05) is 19.7 Å². The molecule has 0 aromatic heterocycles. The minimum atomic E-state index is -1.02. The van der Waals surface area contributed by atoms with Gasteiger partial charge in [-0.1, -0.05) is 24.3 Å². The predicted octanol–water partition coefficient (Wildman–Crippen LogP) is 3.32. The lowest BCUT2D eigenvalue weighted by Gasteiger charge is -2.32. The summed E-state index contributed by atoms with van der Waals surface area (Å²) in [6.07, 6.45) is 1.77. The lowest BCUT2D eigenvalue weighted by Crippen LogP contribution is -2.39. The second-order valence-corrected chi connectivity index (χ2v) is 6.25. The highest BCUT2D eigenvalue weighted by molar-refractivity contribution is 5.97. The maximum absolute atomic E-state index is 12.6. The summed E-state index contributed by atoms with van der Waals surface area (Å²) in [5.74, 6) is 0.165. The first-order chi connectivity index (χ1) is 12.1. The number of carbonyl (C=O) groups is 2. The molecule has 1 fully saturated rings. The summed E-state index contributed by atoms with van der Waals surface area (Å²) in [5.41, 5.74) is 0.566. The zero-order valence-electron chi connectivity index (χ0n) is 13.9. The number of carbonyl (C=O) groups excluding carboxylic acids is 1. The zero-order chi connectivity index (χ0) is 17.6. The van der Waals surface area contributed by atoms with E-state index >= 15 is 0 Å². The molecule has 0 spiro atoms. The highest BCUT2D eigenvalue weighted by Gasteiger charge is 2.24. The monoisotopic (exact) mass is 339 g/mol. The van der Waals surface area contributed by atoms with Crippen LogP contribution in [0.1, 0.15) is 33.6 Å². The second kappa shape index (κ2) is 7.83. The quantitative estimate of drug-likeness (QED) is 0.907. The van der Waals surface area contributed by atoms with E-state index in [0.29, 0.717) is 31.2 Å². The zero-order valence-corrected chi connectivity index (χ0v) is 13.9. The minimum Gasteiger partial charge on any atom is -0.493 e. The molecular weight excluding hydrogens is 318 g/mol. The highest BCUT2D eigenvalue weighted by atomic mass is 16.5. The van der Waals surface area contributed by atoms with E-state index in [-0.39, 0.29) is 11.5 Å². The van der Waals surface area contributed by atoms with Crippen molar-refractivity contribution in [1.82, 2.24) is 4.90 Å². The fraction of sp³-hybridized carbons (Fsp3) is 0.300. The maximum atomic E-state index is 12.6. The maximum Gasteiger partial charge on any atom is 0.335 e. The number of rotatable bonds is 5. The topological polar surface area (TPSA) is 66.8 Å². The smallest absolute Gasteiger partial charge is 0.335 e. The second-order valence-electron chi connectivity index (χ2n) is 6.25. The number of likely N-dealkylation sites (tertiary alicyclic amines) is 1. The van der Waals surface area contributed by atoms with Gasteiger partial charge in [-0.05, 0) is 49.1 Å². The van der Waals surface area contributed by atoms with Gasteiger partial charge in [-0.25, -0.2) is 4.79 Å². The molecule has 25 heavy (non-hydrogen) atoms. The van der Waals surface area contributed by atoms with Crippen LogP contribution in [0.2, 0.25) is 0 Å². The van der Waals surface area contributed by atoms with Gasteiger partial charge in [0.1, 0.15) is 5.75 Å². The highest BCUT2D eigenvalue weighted by Crippen LogP contribution is 2.21. The van der Waals surface area contributed by atoms with Crippen LogP contribution in [0.25, 0.3) is 0 Å². The van der Waals surface area contributed by atoms with Gasteiger partial charge in [0.25, 0.3) is 5.91 Å². The minimum absolute atomic E-state index is 0.106. The third kappa shape index (κ3) is 4.38. The van der Waals surface area contributed by atoms with Gasteiger partial charge < -0.3 is 14.7 Å². The number of nitrogens with zero attached hydrogens (tertiary/aromatic N) is 1. The number of aromatic carboxylic acids is 1. The first-order valence-electron chi connectivity index (χ1n) is 8.44. The number of hydrogen-bond donors (Lipinski definition) is 1. The molecule has 5 nitrogen and oxygen atoms in total. The summed E-state index contributed by atoms with van der Waals surface area (Å²) in [5, 5.41) is 9.05. The number of carboxylic acids is 1. The fourth-order valence-corrected chi connectivity index (χ4v) is 3.00. The van der Waals surface area contributed by atoms with Crippen LogP contribution in [0.15, 0.2) is 54.6 Å². The number of carboxylic acid groups (broad SMARTS) is 1. The first kappa shape index (κ1) is 17.0. The molecule has 1 aliphatic rings. The van der Waals surface area contributed by atoms with Gasteiger partial charge in [0.05, 0.1) is 12.2 Å². The molecule has 0 aliphatic carbocycles. The number of ether oxygens (including phenoxy) is 1. The third-order valence-corrected chi connectivity index (χ3v) is 4.49. The summed E-state index contributed by atoms with van der Waals surface area (Å²) in [4.78, 5) is 25.4. The van der Waals surface area contributed by atoms with Crippen molar-refractivity contribution < 1.29 is 19.4 Å². The molecule has 0 bridgehead atoms. The van der Waals surface area contributed by atoms with Gasteiger partial charge >= 0.3 is 5.97 Å². The molecule has 5 heteroatoms. The van der Waals surface area contributed by atoms with Gasteiger partial charge in [0.2, 0.25) is 0 Å². The molecule has 1 saturated heterocycles. The molecule has 0 saturated carbocycles. The van der Waals surface area contributed by atoms with E-state index in [0.717, 1.165) is 18.6 Å². The van der Waals surface area contributed by atoms with Crippen molar-refractivity contribution >= 4 is 11.9 Å². The molecule has 2 aromatic rings. The van der Waals surface area contributed by atoms with Gasteiger partial charge in [0.15, 0.2) is 0 Å². The van der Waals surface area contributed by atoms with E-state index in [4.69, 9.17) is 9.84 Å². The number of amides is 1. The molecule has 0 atom stereocenters. The van der Waals surface area contributed by atoms with E-state index in [1.54, 1.807) is 17.0 Å². The molecule has 130 valence electrons. The average molecular weight is 339 g/mol. The van der Waals surface area contributed by atoms with E-state index in [2.05, 4.69) is 0 Å². The Balaban J connectivity index is 1.52. The molecule has 1 amide bonds. The molecule has 1 aliphatic heterocycles. The number of benzene rings is 2. The standard InChI is InChI=1S/C20H21NO4/c22-19(16-5-4-6-17(13-16)20(23)24)21-11-9-15(10-12-21)14-25-18-7-2-1-3-8-18/h1-8,13,15H,9-12,14H2,(H,23,24). The molecule has 2 aromatic carbocycles. The summed E-state index contributed by atoms with van der Waals surface area (Å²) in [7, 11) is 0. The van der Waals surface area contributed by atoms with E-state index in [1.807, 2.05) is 30.3 Å². The van der Waals surface area contributed by atoms with Gasteiger partial charge in [-0.15, -0.1) is 0 Å². The lowest BCUT2D eigenvalue weighted by atomic mass is 9.97. The van der Waals surface area contributed by atoms with Crippen molar-refractivity contribution in [2.24, 2.45) is 5.92 Å². The Morgan fingerprint density at radius 2 is 1.68 bits per heavy atom. The molecule has 0 unspecified atom stereocenters. The van der Waals surface area contributed by atoms with E-state index < -0.39 is 5.97 Å². The molecular formula is C20H21NO4. The van der Waals surface area contributed by atoms with Crippen molar-refractivity contribution in [3.63, 3.8) is 0 Å². The van der Waals surface area contributed by atoms with Crippen LogP contribution in [-0.2, 0) is 0 Å². The number of hydrogen-bond acceptors (Lipinski definition) is 3. The molecule has 3 rings (SSSR count). The third-order valence-electron chi connectivity index (χ3n) is 4.49. The Kier molecular flexibility index (Phi) is 5.33. The largest absolute Gasteiger partial charge is 0.493 e. The summed E-state index contributed by atoms with van der Waals surface area (Å²) in [6, 6.07) is 15.9. The Morgan fingerprint density at radius 1 is 1.00 bits per heavy atom. The summed E-state index contributed by atoms with van der Waals surface area (Å²) >= 11 is 0. The lowest BCUT2D eigenvalue weighted by molar-refractivity contribution is 0.0661. The van der Waals surface area contributed by atoms with Crippen molar-refractivity contribution in [2.45, 2.75) is 12.8 Å². The number of para-hydroxylation sites is 1.